The minimum Gasteiger partial charge on any atom is -0.415 e. The number of ether oxygens (including phenoxy) is 2. The van der Waals surface area contributed by atoms with E-state index in [9.17, 15) is 14.4 Å². The first-order valence-corrected chi connectivity index (χ1v) is 6.01. The lowest BCUT2D eigenvalue weighted by Crippen LogP contribution is -2.30. The Morgan fingerprint density at radius 2 is 1.95 bits per heavy atom. The molecule has 7 heteroatoms. The van der Waals surface area contributed by atoms with Gasteiger partial charge in [-0.1, -0.05) is 29.8 Å². The molecule has 0 radical (unpaired) electrons. The number of carbonyl (C=O) groups excluding carboxylic acids is 3. The standard InChI is InChI=1S/C13H10ClNO5/c1-7(16)15-10-9(14)12(18)20-13(10)19-11(17)8-5-3-2-4-6-8/h2-6,13H,1H3,(H,15,16). The maximum absolute atomic E-state index is 11.9. The van der Waals surface area contributed by atoms with E-state index < -0.39 is 24.1 Å². The molecule has 6 nitrogen and oxygen atoms in total. The van der Waals surface area contributed by atoms with Crippen LogP contribution in [0.5, 0.6) is 0 Å². The number of carbonyl (C=O) groups is 3. The highest BCUT2D eigenvalue weighted by Crippen LogP contribution is 2.25. The molecule has 0 saturated carbocycles. The molecule has 1 heterocycles. The number of amides is 1. The zero-order chi connectivity index (χ0) is 14.7. The molecule has 1 unspecified atom stereocenters. The summed E-state index contributed by atoms with van der Waals surface area (Å²) in [6.45, 7) is 1.23. The molecule has 20 heavy (non-hydrogen) atoms. The van der Waals surface area contributed by atoms with Gasteiger partial charge in [-0.25, -0.2) is 9.59 Å². The number of benzene rings is 1. The number of hydrogen-bond donors (Lipinski definition) is 1. The van der Waals surface area contributed by atoms with E-state index in [1.54, 1.807) is 30.3 Å². The Bertz CT molecular complexity index is 596. The van der Waals surface area contributed by atoms with Crippen LogP contribution in [0.3, 0.4) is 0 Å². The van der Waals surface area contributed by atoms with E-state index in [1.807, 2.05) is 0 Å². The van der Waals surface area contributed by atoms with Gasteiger partial charge in [-0.2, -0.15) is 0 Å². The van der Waals surface area contributed by atoms with Crippen molar-refractivity contribution in [2.24, 2.45) is 0 Å². The highest BCUT2D eigenvalue weighted by molar-refractivity contribution is 6.42. The summed E-state index contributed by atoms with van der Waals surface area (Å²) in [5.41, 5.74) is 0.210. The minimum absolute atomic E-state index is 0.0755. The van der Waals surface area contributed by atoms with Gasteiger partial charge in [0.25, 0.3) is 6.29 Å². The summed E-state index contributed by atoms with van der Waals surface area (Å²) in [6.07, 6.45) is -1.35. The number of hydrogen-bond acceptors (Lipinski definition) is 5. The first-order chi connectivity index (χ1) is 9.49. The van der Waals surface area contributed by atoms with E-state index >= 15 is 0 Å². The van der Waals surface area contributed by atoms with Crippen LogP contribution in [0.15, 0.2) is 41.1 Å². The van der Waals surface area contributed by atoms with E-state index in [-0.39, 0.29) is 16.3 Å². The second-order valence-electron chi connectivity index (χ2n) is 3.92. The topological polar surface area (TPSA) is 81.7 Å². The molecule has 2 rings (SSSR count). The van der Waals surface area contributed by atoms with Gasteiger partial charge in [0.1, 0.15) is 5.70 Å². The molecule has 0 bridgehead atoms. The molecule has 1 aliphatic rings. The lowest BCUT2D eigenvalue weighted by Gasteiger charge is -2.14. The molecule has 0 aliphatic carbocycles. The average Bonchev–Trinajstić information content (AvgIpc) is 2.67. The van der Waals surface area contributed by atoms with E-state index in [1.165, 1.54) is 6.92 Å². The normalized spacial score (nSPS) is 17.7. The maximum Gasteiger partial charge on any atom is 0.355 e. The molecular formula is C13H10ClNO5. The van der Waals surface area contributed by atoms with Crippen LogP contribution in [0.2, 0.25) is 0 Å². The van der Waals surface area contributed by atoms with Gasteiger partial charge >= 0.3 is 11.9 Å². The fourth-order valence-corrected chi connectivity index (χ4v) is 1.73. The first-order valence-electron chi connectivity index (χ1n) is 5.63. The molecule has 1 N–H and O–H groups in total. The van der Waals surface area contributed by atoms with Crippen LogP contribution in [0.25, 0.3) is 0 Å². The van der Waals surface area contributed by atoms with Crippen molar-refractivity contribution in [3.8, 4) is 0 Å². The smallest absolute Gasteiger partial charge is 0.355 e. The molecule has 0 spiro atoms. The Kier molecular flexibility index (Phi) is 4.05. The van der Waals surface area contributed by atoms with Crippen molar-refractivity contribution in [3.63, 3.8) is 0 Å². The van der Waals surface area contributed by atoms with Crippen LogP contribution < -0.4 is 5.32 Å². The van der Waals surface area contributed by atoms with Gasteiger partial charge in [0.2, 0.25) is 5.91 Å². The first kappa shape index (κ1) is 14.1. The zero-order valence-corrected chi connectivity index (χ0v) is 11.1. The molecule has 0 saturated heterocycles. The molecule has 1 amide bonds. The summed E-state index contributed by atoms with van der Waals surface area (Å²) >= 11 is 5.70. The summed E-state index contributed by atoms with van der Waals surface area (Å²) in [6, 6.07) is 8.15. The summed E-state index contributed by atoms with van der Waals surface area (Å²) in [4.78, 5) is 34.2. The van der Waals surface area contributed by atoms with E-state index in [4.69, 9.17) is 21.1 Å². The van der Waals surface area contributed by atoms with Gasteiger partial charge in [0.15, 0.2) is 5.03 Å². The fourth-order valence-electron chi connectivity index (χ4n) is 1.55. The quantitative estimate of drug-likeness (QED) is 0.850. The Labute approximate surface area is 119 Å². The van der Waals surface area contributed by atoms with Gasteiger partial charge < -0.3 is 14.8 Å². The highest BCUT2D eigenvalue weighted by Gasteiger charge is 2.37. The fraction of sp³-hybridized carbons (Fsp3) is 0.154. The molecule has 1 aromatic carbocycles. The third kappa shape index (κ3) is 2.97. The predicted octanol–water partition coefficient (Wildman–Crippen LogP) is 1.31. The maximum atomic E-state index is 11.9. The zero-order valence-electron chi connectivity index (χ0n) is 10.4. The van der Waals surface area contributed by atoms with Crippen molar-refractivity contribution in [2.75, 3.05) is 0 Å². The summed E-state index contributed by atoms with van der Waals surface area (Å²) in [5, 5.41) is 2.00. The van der Waals surface area contributed by atoms with Gasteiger partial charge in [-0.15, -0.1) is 0 Å². The van der Waals surface area contributed by atoms with Crippen molar-refractivity contribution >= 4 is 29.4 Å². The number of esters is 2. The number of rotatable bonds is 3. The van der Waals surface area contributed by atoms with Crippen LogP contribution in [0.1, 0.15) is 17.3 Å². The summed E-state index contributed by atoms with van der Waals surface area (Å²) in [5.74, 6) is -2.02. The van der Waals surface area contributed by atoms with E-state index in [0.717, 1.165) is 0 Å². The Balaban J connectivity index is 2.15. The van der Waals surface area contributed by atoms with E-state index in [2.05, 4.69) is 5.32 Å². The van der Waals surface area contributed by atoms with Gasteiger partial charge in [0, 0.05) is 6.92 Å². The van der Waals surface area contributed by atoms with Crippen LogP contribution in [-0.4, -0.2) is 24.1 Å². The third-order valence-corrected chi connectivity index (χ3v) is 2.76. The lowest BCUT2D eigenvalue weighted by molar-refractivity contribution is -0.153. The van der Waals surface area contributed by atoms with Crippen molar-refractivity contribution in [1.82, 2.24) is 5.32 Å². The molecule has 104 valence electrons. The molecule has 1 aliphatic heterocycles. The van der Waals surface area contributed by atoms with Gasteiger partial charge in [0.05, 0.1) is 5.56 Å². The second kappa shape index (κ2) is 5.75. The average molecular weight is 296 g/mol. The Hall–Kier alpha value is -2.34. The van der Waals surface area contributed by atoms with Crippen LogP contribution in [-0.2, 0) is 19.1 Å². The highest BCUT2D eigenvalue weighted by atomic mass is 35.5. The van der Waals surface area contributed by atoms with Crippen molar-refractivity contribution in [2.45, 2.75) is 13.2 Å². The predicted molar refractivity (Wildman–Crippen MR) is 68.4 cm³/mol. The van der Waals surface area contributed by atoms with Crippen molar-refractivity contribution in [1.29, 1.82) is 0 Å². The second-order valence-corrected chi connectivity index (χ2v) is 4.30. The Morgan fingerprint density at radius 3 is 2.55 bits per heavy atom. The summed E-state index contributed by atoms with van der Waals surface area (Å²) < 4.78 is 9.79. The van der Waals surface area contributed by atoms with Crippen LogP contribution in [0.4, 0.5) is 0 Å². The van der Waals surface area contributed by atoms with Crippen molar-refractivity contribution in [3.05, 3.63) is 46.6 Å². The van der Waals surface area contributed by atoms with E-state index in [0.29, 0.717) is 0 Å². The number of nitrogens with one attached hydrogen (secondary N) is 1. The van der Waals surface area contributed by atoms with Crippen molar-refractivity contribution < 1.29 is 23.9 Å². The minimum atomic E-state index is -1.35. The Morgan fingerprint density at radius 1 is 1.30 bits per heavy atom. The van der Waals surface area contributed by atoms with Gasteiger partial charge in [-0.3, -0.25) is 4.79 Å². The monoisotopic (exact) mass is 295 g/mol. The largest absolute Gasteiger partial charge is 0.415 e. The molecule has 0 aromatic heterocycles. The molecule has 1 atom stereocenters. The summed E-state index contributed by atoms with van der Waals surface area (Å²) in [7, 11) is 0. The SMILES string of the molecule is CC(=O)NC1=C(Cl)C(=O)OC1OC(=O)c1ccccc1. The van der Waals surface area contributed by atoms with Crippen LogP contribution >= 0.6 is 11.6 Å². The lowest BCUT2D eigenvalue weighted by atomic mass is 10.2. The molecular weight excluding hydrogens is 286 g/mol. The number of halogens is 1. The molecule has 1 aromatic rings. The number of cyclic esters (lactones) is 1. The third-order valence-electron chi connectivity index (χ3n) is 2.40. The van der Waals surface area contributed by atoms with Crippen LogP contribution in [0, 0.1) is 0 Å². The van der Waals surface area contributed by atoms with Gasteiger partial charge in [-0.05, 0) is 12.1 Å². The molecule has 0 fully saturated rings.